The Bertz CT molecular complexity index is 379. The quantitative estimate of drug-likeness (QED) is 0.720. The Morgan fingerprint density at radius 1 is 1.38 bits per heavy atom. The van der Waals surface area contributed by atoms with Crippen LogP contribution in [0.15, 0.2) is 0 Å². The zero-order valence-corrected chi connectivity index (χ0v) is 9.74. The third-order valence-electron chi connectivity index (χ3n) is 2.82. The van der Waals surface area contributed by atoms with E-state index in [-0.39, 0.29) is 5.92 Å². The van der Waals surface area contributed by atoms with Gasteiger partial charge in [-0.3, -0.25) is 0 Å². The second-order valence-electron chi connectivity index (χ2n) is 4.08. The van der Waals surface area contributed by atoms with Crippen LogP contribution in [0.3, 0.4) is 0 Å². The molecule has 0 amide bonds. The maximum atomic E-state index is 11.9. The SMILES string of the molecule is N#CC(NS(=O)(=O)N1CCOCC1)C1CC1. The molecule has 1 aliphatic carbocycles. The molecule has 7 heteroatoms. The van der Waals surface area contributed by atoms with E-state index in [0.717, 1.165) is 12.8 Å². The van der Waals surface area contributed by atoms with Crippen LogP contribution in [0.1, 0.15) is 12.8 Å². The molecular weight excluding hydrogens is 230 g/mol. The fourth-order valence-corrected chi connectivity index (χ4v) is 3.02. The number of hydrogen-bond acceptors (Lipinski definition) is 4. The lowest BCUT2D eigenvalue weighted by atomic mass is 10.2. The highest BCUT2D eigenvalue weighted by Gasteiger charge is 2.36. The highest BCUT2D eigenvalue weighted by molar-refractivity contribution is 7.87. The van der Waals surface area contributed by atoms with Gasteiger partial charge in [-0.2, -0.15) is 22.7 Å². The summed E-state index contributed by atoms with van der Waals surface area (Å²) in [6.45, 7) is 1.55. The van der Waals surface area contributed by atoms with E-state index in [2.05, 4.69) is 4.72 Å². The fourth-order valence-electron chi connectivity index (χ4n) is 1.68. The molecule has 16 heavy (non-hydrogen) atoms. The lowest BCUT2D eigenvalue weighted by molar-refractivity contribution is 0.0723. The normalized spacial score (nSPS) is 24.9. The van der Waals surface area contributed by atoms with Crippen molar-refractivity contribution in [3.05, 3.63) is 0 Å². The van der Waals surface area contributed by atoms with Gasteiger partial charge in [0.05, 0.1) is 19.3 Å². The van der Waals surface area contributed by atoms with Gasteiger partial charge >= 0.3 is 0 Å². The Kier molecular flexibility index (Phi) is 3.44. The Balaban J connectivity index is 1.98. The van der Waals surface area contributed by atoms with Crippen molar-refractivity contribution in [1.29, 1.82) is 5.26 Å². The minimum Gasteiger partial charge on any atom is -0.379 e. The molecule has 0 aromatic carbocycles. The van der Waals surface area contributed by atoms with E-state index >= 15 is 0 Å². The molecule has 0 radical (unpaired) electrons. The molecule has 1 N–H and O–H groups in total. The molecule has 2 rings (SSSR count). The number of morpholine rings is 1. The van der Waals surface area contributed by atoms with Gasteiger partial charge in [0.2, 0.25) is 0 Å². The Morgan fingerprint density at radius 3 is 2.50 bits per heavy atom. The van der Waals surface area contributed by atoms with Gasteiger partial charge in [0.15, 0.2) is 0 Å². The molecule has 1 heterocycles. The molecule has 0 aromatic rings. The van der Waals surface area contributed by atoms with Crippen molar-refractivity contribution in [3.8, 4) is 6.07 Å². The van der Waals surface area contributed by atoms with Gasteiger partial charge in [-0.25, -0.2) is 0 Å². The first kappa shape index (κ1) is 11.8. The smallest absolute Gasteiger partial charge is 0.280 e. The highest BCUT2D eigenvalue weighted by Crippen LogP contribution is 2.32. The molecule has 0 bridgehead atoms. The van der Waals surface area contributed by atoms with Crippen LogP contribution >= 0.6 is 0 Å². The van der Waals surface area contributed by atoms with Crippen molar-refractivity contribution in [2.45, 2.75) is 18.9 Å². The Morgan fingerprint density at radius 2 is 2.00 bits per heavy atom. The molecule has 1 aliphatic heterocycles. The summed E-state index contributed by atoms with van der Waals surface area (Å²) in [6, 6.07) is 1.43. The Hall–Kier alpha value is -0.680. The maximum absolute atomic E-state index is 11.9. The second kappa shape index (κ2) is 4.67. The zero-order chi connectivity index (χ0) is 11.6. The van der Waals surface area contributed by atoms with Crippen molar-refractivity contribution in [2.75, 3.05) is 26.3 Å². The second-order valence-corrected chi connectivity index (χ2v) is 5.78. The van der Waals surface area contributed by atoms with E-state index in [1.54, 1.807) is 0 Å². The average molecular weight is 245 g/mol. The standard InChI is InChI=1S/C9H15N3O3S/c10-7-9(8-1-2-8)11-16(13,14)12-3-5-15-6-4-12/h8-9,11H,1-6H2. The van der Waals surface area contributed by atoms with Gasteiger partial charge in [-0.1, -0.05) is 0 Å². The highest BCUT2D eigenvalue weighted by atomic mass is 32.2. The predicted molar refractivity (Wildman–Crippen MR) is 56.6 cm³/mol. The summed E-state index contributed by atoms with van der Waals surface area (Å²) in [4.78, 5) is 0. The van der Waals surface area contributed by atoms with Gasteiger partial charge in [-0.05, 0) is 18.8 Å². The van der Waals surface area contributed by atoms with Gasteiger partial charge in [0.25, 0.3) is 10.2 Å². The van der Waals surface area contributed by atoms with Crippen LogP contribution in [0.25, 0.3) is 0 Å². The van der Waals surface area contributed by atoms with Gasteiger partial charge < -0.3 is 4.74 Å². The largest absolute Gasteiger partial charge is 0.379 e. The van der Waals surface area contributed by atoms with Crippen LogP contribution in [0.5, 0.6) is 0 Å². The molecule has 1 saturated carbocycles. The van der Waals surface area contributed by atoms with Crippen molar-refractivity contribution in [1.82, 2.24) is 9.03 Å². The van der Waals surface area contributed by atoms with E-state index in [0.29, 0.717) is 26.3 Å². The average Bonchev–Trinajstić information content (AvgIpc) is 3.11. The van der Waals surface area contributed by atoms with Crippen LogP contribution in [-0.2, 0) is 14.9 Å². The van der Waals surface area contributed by atoms with E-state index in [1.165, 1.54) is 4.31 Å². The first-order valence-electron chi connectivity index (χ1n) is 5.38. The summed E-state index contributed by atoms with van der Waals surface area (Å²) >= 11 is 0. The molecule has 2 aliphatic rings. The summed E-state index contributed by atoms with van der Waals surface area (Å²) in [5, 5.41) is 8.88. The molecule has 0 spiro atoms. The lowest BCUT2D eigenvalue weighted by Crippen LogP contribution is -2.49. The van der Waals surface area contributed by atoms with Crippen molar-refractivity contribution < 1.29 is 13.2 Å². The van der Waals surface area contributed by atoms with Crippen molar-refractivity contribution in [2.24, 2.45) is 5.92 Å². The molecule has 1 saturated heterocycles. The summed E-state index contributed by atoms with van der Waals surface area (Å²) in [5.41, 5.74) is 0. The third kappa shape index (κ3) is 2.71. The van der Waals surface area contributed by atoms with E-state index in [9.17, 15) is 8.42 Å². The summed E-state index contributed by atoms with van der Waals surface area (Å²) < 4.78 is 32.7. The third-order valence-corrected chi connectivity index (χ3v) is 4.42. The summed E-state index contributed by atoms with van der Waals surface area (Å²) in [6.07, 6.45) is 1.87. The fraction of sp³-hybridized carbons (Fsp3) is 0.889. The minimum atomic E-state index is -3.52. The molecule has 0 aromatic heterocycles. The van der Waals surface area contributed by atoms with Crippen LogP contribution in [0, 0.1) is 17.2 Å². The first-order valence-corrected chi connectivity index (χ1v) is 6.82. The number of nitriles is 1. The molecule has 2 fully saturated rings. The number of hydrogen-bond donors (Lipinski definition) is 1. The molecular formula is C9H15N3O3S. The van der Waals surface area contributed by atoms with Gasteiger partial charge in [-0.15, -0.1) is 0 Å². The van der Waals surface area contributed by atoms with Crippen LogP contribution < -0.4 is 4.72 Å². The summed E-state index contributed by atoms with van der Waals surface area (Å²) in [7, 11) is -3.52. The van der Waals surface area contributed by atoms with Crippen molar-refractivity contribution >= 4 is 10.2 Å². The van der Waals surface area contributed by atoms with Crippen LogP contribution in [-0.4, -0.2) is 45.1 Å². The van der Waals surface area contributed by atoms with Crippen molar-refractivity contribution in [3.63, 3.8) is 0 Å². The maximum Gasteiger partial charge on any atom is 0.280 e. The van der Waals surface area contributed by atoms with Crippen LogP contribution in [0.4, 0.5) is 0 Å². The number of rotatable bonds is 4. The molecule has 90 valence electrons. The topological polar surface area (TPSA) is 82.4 Å². The Labute approximate surface area is 95.4 Å². The monoisotopic (exact) mass is 245 g/mol. The predicted octanol–water partition coefficient (Wildman–Crippen LogP) is -0.545. The van der Waals surface area contributed by atoms with Crippen LogP contribution in [0.2, 0.25) is 0 Å². The molecule has 6 nitrogen and oxygen atoms in total. The summed E-state index contributed by atoms with van der Waals surface area (Å²) in [5.74, 6) is 0.195. The van der Waals surface area contributed by atoms with Gasteiger partial charge in [0, 0.05) is 13.1 Å². The number of nitrogens with one attached hydrogen (secondary N) is 1. The van der Waals surface area contributed by atoms with Gasteiger partial charge in [0.1, 0.15) is 6.04 Å². The lowest BCUT2D eigenvalue weighted by Gasteiger charge is -2.27. The number of nitrogens with zero attached hydrogens (tertiary/aromatic N) is 2. The van der Waals surface area contributed by atoms with E-state index in [1.807, 2.05) is 6.07 Å². The zero-order valence-electron chi connectivity index (χ0n) is 8.92. The molecule has 1 atom stereocenters. The first-order chi connectivity index (χ1) is 7.63. The van der Waals surface area contributed by atoms with E-state index < -0.39 is 16.3 Å². The molecule has 1 unspecified atom stereocenters. The number of ether oxygens (including phenoxy) is 1. The van der Waals surface area contributed by atoms with E-state index in [4.69, 9.17) is 10.00 Å². The minimum absolute atomic E-state index is 0.195.